The van der Waals surface area contributed by atoms with E-state index in [-0.39, 0.29) is 0 Å². The van der Waals surface area contributed by atoms with Crippen LogP contribution in [0.5, 0.6) is 0 Å². The lowest BCUT2D eigenvalue weighted by molar-refractivity contribution is -0.357. The van der Waals surface area contributed by atoms with Crippen molar-refractivity contribution in [2.45, 2.75) is 117 Å². The second kappa shape index (κ2) is 17.5. The summed E-state index contributed by atoms with van der Waals surface area (Å²) < 4.78 is 60.2. The van der Waals surface area contributed by atoms with Gasteiger partial charge in [0.15, 0.2) is 30.7 Å². The number of hydrogen-bond donors (Lipinski definition) is 0. The van der Waals surface area contributed by atoms with Gasteiger partial charge in [0, 0.05) is 55.4 Å². The van der Waals surface area contributed by atoms with Crippen LogP contribution in [0.3, 0.4) is 0 Å². The van der Waals surface area contributed by atoms with Crippen LogP contribution in [0.25, 0.3) is 0 Å². The summed E-state index contributed by atoms with van der Waals surface area (Å²) in [7, 11) is 0. The summed E-state index contributed by atoms with van der Waals surface area (Å²) >= 11 is 0. The molecule has 2 fully saturated rings. The summed E-state index contributed by atoms with van der Waals surface area (Å²) in [5, 5.41) is 0. The van der Waals surface area contributed by atoms with E-state index in [2.05, 4.69) is 0 Å². The number of rotatable bonds is 12. The molecule has 0 N–H and O–H groups in total. The molecular formula is C28H38O19. The number of esters is 8. The van der Waals surface area contributed by atoms with Crippen LogP contribution in [-0.2, 0) is 90.5 Å². The predicted octanol–water partition coefficient (Wildman–Crippen LogP) is -0.831. The topological polar surface area (TPSA) is 238 Å². The zero-order chi connectivity index (χ0) is 35.6. The van der Waals surface area contributed by atoms with E-state index >= 15 is 0 Å². The molecule has 2 saturated heterocycles. The minimum atomic E-state index is -1.83. The van der Waals surface area contributed by atoms with E-state index in [9.17, 15) is 38.4 Å². The Bertz CT molecular complexity index is 1200. The Kier molecular flexibility index (Phi) is 14.5. The highest BCUT2D eigenvalue weighted by Crippen LogP contribution is 2.35. The van der Waals surface area contributed by atoms with Crippen molar-refractivity contribution >= 4 is 47.8 Å². The first-order valence-electron chi connectivity index (χ1n) is 14.2. The first-order valence-corrected chi connectivity index (χ1v) is 14.2. The predicted molar refractivity (Wildman–Crippen MR) is 145 cm³/mol. The largest absolute Gasteiger partial charge is 0.463 e. The molecule has 0 aromatic rings. The maximum Gasteiger partial charge on any atom is 0.305 e. The first kappa shape index (κ1) is 38.8. The Hall–Kier alpha value is -4.36. The van der Waals surface area contributed by atoms with Gasteiger partial charge in [-0.1, -0.05) is 0 Å². The molecule has 0 amide bonds. The zero-order valence-electron chi connectivity index (χ0n) is 26.9. The van der Waals surface area contributed by atoms with E-state index in [0.29, 0.717) is 0 Å². The molecule has 2 rings (SSSR count). The number of ether oxygens (including phenoxy) is 11. The molecule has 0 radical (unpaired) electrons. The molecule has 2 heterocycles. The van der Waals surface area contributed by atoms with Crippen LogP contribution < -0.4 is 0 Å². The molecule has 0 bridgehead atoms. The van der Waals surface area contributed by atoms with E-state index in [1.807, 2.05) is 0 Å². The molecule has 0 aliphatic carbocycles. The maximum absolute atomic E-state index is 12.3. The molecule has 1 unspecified atom stereocenters. The highest BCUT2D eigenvalue weighted by Gasteiger charge is 2.58. The molecule has 0 aromatic heterocycles. The fourth-order valence-corrected chi connectivity index (χ4v) is 4.73. The standard InChI is InChI=1S/C28H38O19/c1-11(29)37-9-19-21(39-13(3)31)23(40-14(4)32)26(43-17(7)35)28(46-19)47-22-20(10-38-12(2)30)45-27(44-18(8)36)25(42-16(6)34)24(22)41-15(5)33/h19-28H,9-10H2,1-8H3/t19-,20-,21-,22-,23+,24+,25-,26-,27?,28+/m1/s1. The monoisotopic (exact) mass is 678 g/mol. The van der Waals surface area contributed by atoms with Gasteiger partial charge < -0.3 is 52.1 Å². The summed E-state index contributed by atoms with van der Waals surface area (Å²) in [4.78, 5) is 96.3. The second-order valence-electron chi connectivity index (χ2n) is 10.3. The fourth-order valence-electron chi connectivity index (χ4n) is 4.73. The molecule has 10 atom stereocenters. The minimum absolute atomic E-state index is 0.590. The molecule has 0 saturated carbocycles. The molecule has 264 valence electrons. The van der Waals surface area contributed by atoms with Crippen LogP contribution in [0.1, 0.15) is 55.4 Å². The molecule has 0 spiro atoms. The third kappa shape index (κ3) is 12.1. The van der Waals surface area contributed by atoms with Gasteiger partial charge in [-0.05, 0) is 0 Å². The minimum Gasteiger partial charge on any atom is -0.463 e. The Morgan fingerprint density at radius 3 is 1.11 bits per heavy atom. The Morgan fingerprint density at radius 1 is 0.383 bits per heavy atom. The van der Waals surface area contributed by atoms with Crippen molar-refractivity contribution in [3.63, 3.8) is 0 Å². The van der Waals surface area contributed by atoms with Crippen LogP contribution in [0.2, 0.25) is 0 Å². The van der Waals surface area contributed by atoms with E-state index in [1.54, 1.807) is 0 Å². The van der Waals surface area contributed by atoms with Crippen molar-refractivity contribution in [2.24, 2.45) is 0 Å². The molecule has 47 heavy (non-hydrogen) atoms. The highest BCUT2D eigenvalue weighted by molar-refractivity contribution is 5.70. The highest BCUT2D eigenvalue weighted by atomic mass is 16.8. The van der Waals surface area contributed by atoms with Crippen LogP contribution in [-0.4, -0.2) is 122 Å². The molecule has 2 aliphatic heterocycles. The molecular weight excluding hydrogens is 640 g/mol. The van der Waals surface area contributed by atoms with Gasteiger partial charge >= 0.3 is 47.8 Å². The first-order chi connectivity index (χ1) is 21.9. The SMILES string of the molecule is CC(=O)OC[C@H]1O[C@@H](O[C@H]2[C@H](OC(C)=O)[C@@H](OC(C)=O)C(OC(C)=O)O[C@@H]2COC(C)=O)[C@H](OC(C)=O)[C@@H](OC(C)=O)[C@@H]1OC(C)=O. The third-order valence-corrected chi connectivity index (χ3v) is 6.17. The van der Waals surface area contributed by atoms with Gasteiger partial charge in [0.25, 0.3) is 0 Å². The quantitative estimate of drug-likeness (QED) is 0.181. The van der Waals surface area contributed by atoms with E-state index in [4.69, 9.17) is 52.1 Å². The van der Waals surface area contributed by atoms with E-state index in [1.165, 1.54) is 0 Å². The summed E-state index contributed by atoms with van der Waals surface area (Å²) in [6, 6.07) is 0. The smallest absolute Gasteiger partial charge is 0.305 e. The third-order valence-electron chi connectivity index (χ3n) is 6.17. The van der Waals surface area contributed by atoms with Gasteiger partial charge in [-0.2, -0.15) is 0 Å². The van der Waals surface area contributed by atoms with Crippen molar-refractivity contribution in [1.29, 1.82) is 0 Å². The van der Waals surface area contributed by atoms with Gasteiger partial charge in [0.2, 0.25) is 12.4 Å². The number of carbonyl (C=O) groups excluding carboxylic acids is 8. The average molecular weight is 679 g/mol. The number of hydrogen-bond acceptors (Lipinski definition) is 19. The lowest BCUT2D eigenvalue weighted by atomic mass is 9.96. The van der Waals surface area contributed by atoms with Gasteiger partial charge in [-0.15, -0.1) is 0 Å². The Morgan fingerprint density at radius 2 is 0.702 bits per heavy atom. The van der Waals surface area contributed by atoms with Crippen LogP contribution >= 0.6 is 0 Å². The fraction of sp³-hybridized carbons (Fsp3) is 0.714. The summed E-state index contributed by atoms with van der Waals surface area (Å²) in [6.45, 7) is 7.05. The lowest BCUT2D eigenvalue weighted by Crippen LogP contribution is -2.67. The Balaban J connectivity index is 2.73. The lowest BCUT2D eigenvalue weighted by Gasteiger charge is -2.48. The van der Waals surface area contributed by atoms with Gasteiger partial charge in [-0.3, -0.25) is 38.4 Å². The molecule has 0 aromatic carbocycles. The van der Waals surface area contributed by atoms with Crippen LogP contribution in [0.15, 0.2) is 0 Å². The second-order valence-corrected chi connectivity index (χ2v) is 10.3. The van der Waals surface area contributed by atoms with E-state index in [0.717, 1.165) is 55.4 Å². The van der Waals surface area contributed by atoms with Crippen molar-refractivity contribution in [1.82, 2.24) is 0 Å². The molecule has 2 aliphatic rings. The van der Waals surface area contributed by atoms with Crippen LogP contribution in [0, 0.1) is 0 Å². The van der Waals surface area contributed by atoms with Crippen molar-refractivity contribution in [2.75, 3.05) is 13.2 Å². The van der Waals surface area contributed by atoms with Gasteiger partial charge in [-0.25, -0.2) is 0 Å². The summed E-state index contributed by atoms with van der Waals surface area (Å²) in [5.74, 6) is -7.02. The maximum atomic E-state index is 12.3. The van der Waals surface area contributed by atoms with E-state index < -0.39 is 122 Å². The average Bonchev–Trinajstić information content (AvgIpc) is 2.91. The van der Waals surface area contributed by atoms with Crippen molar-refractivity contribution in [3.05, 3.63) is 0 Å². The van der Waals surface area contributed by atoms with Crippen molar-refractivity contribution in [3.8, 4) is 0 Å². The molecule has 19 heteroatoms. The summed E-state index contributed by atoms with van der Waals surface area (Å²) in [6.07, 6.45) is -16.3. The van der Waals surface area contributed by atoms with Crippen LogP contribution in [0.4, 0.5) is 0 Å². The number of carbonyl (C=O) groups is 8. The van der Waals surface area contributed by atoms with Gasteiger partial charge in [0.05, 0.1) is 0 Å². The van der Waals surface area contributed by atoms with Gasteiger partial charge in [0.1, 0.15) is 31.5 Å². The zero-order valence-corrected chi connectivity index (χ0v) is 26.9. The Labute approximate surface area is 268 Å². The normalized spacial score (nSPS) is 30.0. The molecule has 19 nitrogen and oxygen atoms in total. The van der Waals surface area contributed by atoms with Crippen molar-refractivity contribution < 1.29 is 90.5 Å². The summed E-state index contributed by atoms with van der Waals surface area (Å²) in [5.41, 5.74) is 0.